The SMILES string of the molecule is COC(=O)C1CN(S(=O)(=O)c2cccc(C)c2)C1. The molecule has 0 aromatic heterocycles. The summed E-state index contributed by atoms with van der Waals surface area (Å²) < 4.78 is 30.3. The topological polar surface area (TPSA) is 63.7 Å². The molecule has 6 heteroatoms. The van der Waals surface area contributed by atoms with Crippen LogP contribution in [0.5, 0.6) is 0 Å². The van der Waals surface area contributed by atoms with E-state index in [2.05, 4.69) is 4.74 Å². The molecule has 1 fully saturated rings. The summed E-state index contributed by atoms with van der Waals surface area (Å²) >= 11 is 0. The molecule has 2 rings (SSSR count). The zero-order chi connectivity index (χ0) is 13.3. The maximum Gasteiger partial charge on any atom is 0.311 e. The third-order valence-corrected chi connectivity index (χ3v) is 4.84. The van der Waals surface area contributed by atoms with Gasteiger partial charge in [0.25, 0.3) is 0 Å². The van der Waals surface area contributed by atoms with Gasteiger partial charge in [0, 0.05) is 13.1 Å². The van der Waals surface area contributed by atoms with Crippen molar-refractivity contribution < 1.29 is 17.9 Å². The van der Waals surface area contributed by atoms with Gasteiger partial charge < -0.3 is 4.74 Å². The summed E-state index contributed by atoms with van der Waals surface area (Å²) in [4.78, 5) is 11.5. The van der Waals surface area contributed by atoms with Crippen molar-refractivity contribution in [1.82, 2.24) is 4.31 Å². The number of nitrogens with zero attached hydrogens (tertiary/aromatic N) is 1. The normalized spacial score (nSPS) is 17.2. The van der Waals surface area contributed by atoms with E-state index >= 15 is 0 Å². The fourth-order valence-electron chi connectivity index (χ4n) is 1.88. The fraction of sp³-hybridized carbons (Fsp3) is 0.417. The zero-order valence-electron chi connectivity index (χ0n) is 10.3. The molecule has 0 saturated carbocycles. The molecule has 1 aliphatic rings. The molecule has 1 heterocycles. The minimum atomic E-state index is -3.47. The molecule has 1 saturated heterocycles. The van der Waals surface area contributed by atoms with Gasteiger partial charge in [-0.15, -0.1) is 0 Å². The van der Waals surface area contributed by atoms with Crippen molar-refractivity contribution in [2.24, 2.45) is 5.92 Å². The highest BCUT2D eigenvalue weighted by Gasteiger charge is 2.41. The van der Waals surface area contributed by atoms with E-state index in [4.69, 9.17) is 0 Å². The molecule has 0 amide bonds. The van der Waals surface area contributed by atoms with Crippen molar-refractivity contribution in [2.45, 2.75) is 11.8 Å². The average Bonchev–Trinajstić information content (AvgIpc) is 2.26. The summed E-state index contributed by atoms with van der Waals surface area (Å²) in [6, 6.07) is 6.74. The van der Waals surface area contributed by atoms with E-state index in [1.807, 2.05) is 13.0 Å². The number of esters is 1. The summed E-state index contributed by atoms with van der Waals surface area (Å²) in [7, 11) is -2.17. The van der Waals surface area contributed by atoms with Crippen LogP contribution in [0.4, 0.5) is 0 Å². The molecule has 18 heavy (non-hydrogen) atoms. The lowest BCUT2D eigenvalue weighted by Crippen LogP contribution is -2.53. The van der Waals surface area contributed by atoms with Gasteiger partial charge in [-0.05, 0) is 24.6 Å². The summed E-state index contributed by atoms with van der Waals surface area (Å²) in [6.45, 7) is 2.23. The number of carbonyl (C=O) groups is 1. The van der Waals surface area contributed by atoms with E-state index in [1.54, 1.807) is 18.2 Å². The summed E-state index contributed by atoms with van der Waals surface area (Å²) in [6.07, 6.45) is 0. The molecule has 0 radical (unpaired) electrons. The standard InChI is InChI=1S/C12H15NO4S/c1-9-4-3-5-11(6-9)18(15,16)13-7-10(8-13)12(14)17-2/h3-6,10H,7-8H2,1-2H3. The van der Waals surface area contributed by atoms with Gasteiger partial charge in [0.2, 0.25) is 10.0 Å². The van der Waals surface area contributed by atoms with Crippen molar-refractivity contribution in [1.29, 1.82) is 0 Å². The lowest BCUT2D eigenvalue weighted by Gasteiger charge is -2.36. The van der Waals surface area contributed by atoms with Crippen molar-refractivity contribution in [3.05, 3.63) is 29.8 Å². The minimum Gasteiger partial charge on any atom is -0.469 e. The van der Waals surface area contributed by atoms with Gasteiger partial charge in [-0.25, -0.2) is 8.42 Å². The Morgan fingerprint density at radius 2 is 2.06 bits per heavy atom. The Morgan fingerprint density at radius 1 is 1.39 bits per heavy atom. The number of sulfonamides is 1. The Balaban J connectivity index is 2.13. The number of carbonyl (C=O) groups excluding carboxylic acids is 1. The first kappa shape index (κ1) is 13.0. The highest BCUT2D eigenvalue weighted by Crippen LogP contribution is 2.26. The number of ether oxygens (including phenoxy) is 1. The first-order chi connectivity index (χ1) is 8.45. The number of hydrogen-bond donors (Lipinski definition) is 0. The van der Waals surface area contributed by atoms with Crippen LogP contribution in [0, 0.1) is 12.8 Å². The van der Waals surface area contributed by atoms with Crippen molar-refractivity contribution in [3.63, 3.8) is 0 Å². The Kier molecular flexibility index (Phi) is 3.41. The van der Waals surface area contributed by atoms with Crippen LogP contribution < -0.4 is 0 Å². The van der Waals surface area contributed by atoms with Crippen LogP contribution in [-0.4, -0.2) is 38.9 Å². The molecule has 5 nitrogen and oxygen atoms in total. The monoisotopic (exact) mass is 269 g/mol. The zero-order valence-corrected chi connectivity index (χ0v) is 11.1. The molecule has 1 aromatic rings. The van der Waals surface area contributed by atoms with Gasteiger partial charge in [-0.2, -0.15) is 4.31 Å². The maximum atomic E-state index is 12.2. The van der Waals surface area contributed by atoms with Crippen LogP contribution in [0.15, 0.2) is 29.2 Å². The molecule has 1 aliphatic heterocycles. The van der Waals surface area contributed by atoms with E-state index < -0.39 is 10.0 Å². The van der Waals surface area contributed by atoms with E-state index in [1.165, 1.54) is 11.4 Å². The van der Waals surface area contributed by atoms with Gasteiger partial charge in [-0.3, -0.25) is 4.79 Å². The first-order valence-corrected chi connectivity index (χ1v) is 7.04. The predicted octanol–water partition coefficient (Wildman–Crippen LogP) is 0.789. The molecule has 0 bridgehead atoms. The van der Waals surface area contributed by atoms with Gasteiger partial charge in [0.1, 0.15) is 0 Å². The second kappa shape index (κ2) is 4.70. The van der Waals surface area contributed by atoms with Crippen molar-refractivity contribution in [3.8, 4) is 0 Å². The van der Waals surface area contributed by atoms with E-state index in [9.17, 15) is 13.2 Å². The molecule has 1 aromatic carbocycles. The smallest absolute Gasteiger partial charge is 0.311 e. The maximum absolute atomic E-state index is 12.2. The number of hydrogen-bond acceptors (Lipinski definition) is 4. The third kappa shape index (κ3) is 2.26. The van der Waals surface area contributed by atoms with Crippen LogP contribution in [0.25, 0.3) is 0 Å². The molecule has 0 atom stereocenters. The molecule has 0 unspecified atom stereocenters. The van der Waals surface area contributed by atoms with Crippen molar-refractivity contribution >= 4 is 16.0 Å². The number of benzene rings is 1. The van der Waals surface area contributed by atoms with Crippen LogP contribution in [0.2, 0.25) is 0 Å². The Morgan fingerprint density at radius 3 is 2.61 bits per heavy atom. The number of aryl methyl sites for hydroxylation is 1. The van der Waals surface area contributed by atoms with Crippen LogP contribution in [0.3, 0.4) is 0 Å². The van der Waals surface area contributed by atoms with Crippen LogP contribution >= 0.6 is 0 Å². The first-order valence-electron chi connectivity index (χ1n) is 5.60. The van der Waals surface area contributed by atoms with Crippen LogP contribution in [-0.2, 0) is 19.6 Å². The average molecular weight is 269 g/mol. The van der Waals surface area contributed by atoms with Crippen LogP contribution in [0.1, 0.15) is 5.56 Å². The fourth-order valence-corrected chi connectivity index (χ4v) is 3.51. The summed E-state index contributed by atoms with van der Waals surface area (Å²) in [5.74, 6) is -0.694. The molecule has 0 N–H and O–H groups in total. The number of methoxy groups -OCH3 is 1. The second-order valence-electron chi connectivity index (χ2n) is 4.36. The Bertz CT molecular complexity index is 561. The van der Waals surface area contributed by atoms with E-state index in [0.717, 1.165) is 5.56 Å². The molecule has 0 spiro atoms. The molecular weight excluding hydrogens is 254 g/mol. The predicted molar refractivity (Wildman–Crippen MR) is 65.4 cm³/mol. The Labute approximate surface area is 106 Å². The highest BCUT2D eigenvalue weighted by molar-refractivity contribution is 7.89. The Hall–Kier alpha value is -1.40. The van der Waals surface area contributed by atoms with Gasteiger partial charge in [0.15, 0.2) is 0 Å². The lowest BCUT2D eigenvalue weighted by atomic mass is 10.0. The molecular formula is C12H15NO4S. The highest BCUT2D eigenvalue weighted by atomic mass is 32.2. The van der Waals surface area contributed by atoms with Crippen molar-refractivity contribution in [2.75, 3.05) is 20.2 Å². The van der Waals surface area contributed by atoms with Gasteiger partial charge >= 0.3 is 5.97 Å². The summed E-state index contributed by atoms with van der Waals surface area (Å²) in [5.41, 5.74) is 0.890. The van der Waals surface area contributed by atoms with E-state index in [-0.39, 0.29) is 29.9 Å². The lowest BCUT2D eigenvalue weighted by molar-refractivity contribution is -0.149. The molecule has 0 aliphatic carbocycles. The second-order valence-corrected chi connectivity index (χ2v) is 6.30. The molecule has 98 valence electrons. The van der Waals surface area contributed by atoms with Gasteiger partial charge in [0.05, 0.1) is 17.9 Å². The minimum absolute atomic E-state index is 0.197. The van der Waals surface area contributed by atoms with Gasteiger partial charge in [-0.1, -0.05) is 12.1 Å². The summed E-state index contributed by atoms with van der Waals surface area (Å²) in [5, 5.41) is 0. The van der Waals surface area contributed by atoms with E-state index in [0.29, 0.717) is 0 Å². The number of rotatable bonds is 3. The largest absolute Gasteiger partial charge is 0.469 e. The quantitative estimate of drug-likeness (QED) is 0.761. The third-order valence-electron chi connectivity index (χ3n) is 3.01.